The standard InChI is InChI=1S/C10H11ClN2O/c1-14-9-5-3-2-4-7(9)8-6-10(11)13-12-8/h2-5,8,12H,6H2,1H3. The van der Waals surface area contributed by atoms with E-state index in [0.29, 0.717) is 5.17 Å². The highest BCUT2D eigenvalue weighted by Crippen LogP contribution is 2.30. The number of hydrazone groups is 1. The molecule has 0 amide bonds. The van der Waals surface area contributed by atoms with Gasteiger partial charge in [0.2, 0.25) is 0 Å². The Hall–Kier alpha value is -1.22. The van der Waals surface area contributed by atoms with E-state index in [1.54, 1.807) is 7.11 Å². The van der Waals surface area contributed by atoms with Gasteiger partial charge in [-0.05, 0) is 6.07 Å². The van der Waals surface area contributed by atoms with Crippen LogP contribution < -0.4 is 10.2 Å². The number of hydrogen-bond acceptors (Lipinski definition) is 3. The Morgan fingerprint density at radius 2 is 2.29 bits per heavy atom. The second kappa shape index (κ2) is 3.88. The molecule has 0 bridgehead atoms. The van der Waals surface area contributed by atoms with E-state index in [9.17, 15) is 0 Å². The SMILES string of the molecule is COc1ccccc1C1CC(Cl)=NN1. The van der Waals surface area contributed by atoms with Gasteiger partial charge in [0.1, 0.15) is 10.9 Å². The summed E-state index contributed by atoms with van der Waals surface area (Å²) in [7, 11) is 1.66. The molecule has 1 atom stereocenters. The van der Waals surface area contributed by atoms with Crippen LogP contribution in [0.15, 0.2) is 29.4 Å². The summed E-state index contributed by atoms with van der Waals surface area (Å²) in [6.45, 7) is 0. The molecular weight excluding hydrogens is 200 g/mol. The lowest BCUT2D eigenvalue weighted by molar-refractivity contribution is 0.403. The molecule has 1 aliphatic rings. The van der Waals surface area contributed by atoms with Crippen LogP contribution >= 0.6 is 11.6 Å². The molecule has 1 aromatic carbocycles. The zero-order chi connectivity index (χ0) is 9.97. The fourth-order valence-corrected chi connectivity index (χ4v) is 1.74. The molecule has 1 aromatic rings. The average Bonchev–Trinajstić information content (AvgIpc) is 2.65. The van der Waals surface area contributed by atoms with Crippen LogP contribution in [-0.4, -0.2) is 12.3 Å². The van der Waals surface area contributed by atoms with Crippen molar-refractivity contribution >= 4 is 16.8 Å². The van der Waals surface area contributed by atoms with E-state index in [1.165, 1.54) is 0 Å². The molecule has 1 aliphatic heterocycles. The van der Waals surface area contributed by atoms with Gasteiger partial charge in [0, 0.05) is 12.0 Å². The summed E-state index contributed by atoms with van der Waals surface area (Å²) < 4.78 is 5.26. The third kappa shape index (κ3) is 1.68. The van der Waals surface area contributed by atoms with Crippen LogP contribution in [0.25, 0.3) is 0 Å². The van der Waals surface area contributed by atoms with Crippen molar-refractivity contribution in [2.24, 2.45) is 5.10 Å². The molecule has 0 fully saturated rings. The summed E-state index contributed by atoms with van der Waals surface area (Å²) in [4.78, 5) is 0. The lowest BCUT2D eigenvalue weighted by Gasteiger charge is -2.13. The van der Waals surface area contributed by atoms with E-state index in [-0.39, 0.29) is 6.04 Å². The summed E-state index contributed by atoms with van der Waals surface area (Å²) in [5.74, 6) is 0.867. The fourth-order valence-electron chi connectivity index (χ4n) is 1.54. The second-order valence-electron chi connectivity index (χ2n) is 3.12. The van der Waals surface area contributed by atoms with Gasteiger partial charge in [-0.1, -0.05) is 29.8 Å². The highest BCUT2D eigenvalue weighted by atomic mass is 35.5. The normalized spacial score (nSPS) is 20.1. The van der Waals surface area contributed by atoms with Crippen molar-refractivity contribution in [2.45, 2.75) is 12.5 Å². The van der Waals surface area contributed by atoms with Crippen molar-refractivity contribution < 1.29 is 4.74 Å². The van der Waals surface area contributed by atoms with Crippen LogP contribution in [0.4, 0.5) is 0 Å². The molecule has 0 saturated heterocycles. The minimum Gasteiger partial charge on any atom is -0.496 e. The number of rotatable bonds is 2. The number of nitrogens with zero attached hydrogens (tertiary/aromatic N) is 1. The summed E-state index contributed by atoms with van der Waals surface area (Å²) in [5, 5.41) is 4.56. The Kier molecular flexibility index (Phi) is 2.59. The molecule has 3 nitrogen and oxygen atoms in total. The van der Waals surface area contributed by atoms with Crippen molar-refractivity contribution in [3.8, 4) is 5.75 Å². The maximum Gasteiger partial charge on any atom is 0.128 e. The lowest BCUT2D eigenvalue weighted by atomic mass is 10.0. The van der Waals surface area contributed by atoms with Gasteiger partial charge in [0.25, 0.3) is 0 Å². The van der Waals surface area contributed by atoms with Crippen molar-refractivity contribution in [1.82, 2.24) is 5.43 Å². The summed E-state index contributed by atoms with van der Waals surface area (Å²) in [5.41, 5.74) is 4.07. The second-order valence-corrected chi connectivity index (χ2v) is 3.55. The fraction of sp³-hybridized carbons (Fsp3) is 0.300. The van der Waals surface area contributed by atoms with Crippen molar-refractivity contribution in [2.75, 3.05) is 7.11 Å². The van der Waals surface area contributed by atoms with E-state index in [1.807, 2.05) is 24.3 Å². The van der Waals surface area contributed by atoms with Gasteiger partial charge in [0.05, 0.1) is 13.2 Å². The molecule has 14 heavy (non-hydrogen) atoms. The Morgan fingerprint density at radius 1 is 1.50 bits per heavy atom. The molecule has 0 aliphatic carbocycles. The number of methoxy groups -OCH3 is 1. The molecule has 0 radical (unpaired) electrons. The van der Waals surface area contributed by atoms with Gasteiger partial charge in [-0.15, -0.1) is 0 Å². The molecule has 1 heterocycles. The summed E-state index contributed by atoms with van der Waals surface area (Å²) in [6.07, 6.45) is 0.724. The number of benzene rings is 1. The Balaban J connectivity index is 2.24. The summed E-state index contributed by atoms with van der Waals surface area (Å²) >= 11 is 5.80. The van der Waals surface area contributed by atoms with Gasteiger partial charge in [0.15, 0.2) is 0 Å². The lowest BCUT2D eigenvalue weighted by Crippen LogP contribution is -2.10. The van der Waals surface area contributed by atoms with E-state index < -0.39 is 0 Å². The number of para-hydroxylation sites is 1. The van der Waals surface area contributed by atoms with Crippen LogP contribution in [0, 0.1) is 0 Å². The molecule has 74 valence electrons. The first kappa shape index (κ1) is 9.34. The monoisotopic (exact) mass is 210 g/mol. The number of hydrogen-bond donors (Lipinski definition) is 1. The number of nitrogens with one attached hydrogen (secondary N) is 1. The summed E-state index contributed by atoms with van der Waals surface area (Å²) in [6, 6.07) is 8.01. The molecule has 1 unspecified atom stereocenters. The topological polar surface area (TPSA) is 33.6 Å². The van der Waals surface area contributed by atoms with Crippen molar-refractivity contribution in [3.63, 3.8) is 0 Å². The van der Waals surface area contributed by atoms with E-state index in [4.69, 9.17) is 16.3 Å². The van der Waals surface area contributed by atoms with Gasteiger partial charge in [-0.2, -0.15) is 5.10 Å². The van der Waals surface area contributed by atoms with Crippen LogP contribution in [0.2, 0.25) is 0 Å². The Labute approximate surface area is 87.7 Å². The number of ether oxygens (including phenoxy) is 1. The van der Waals surface area contributed by atoms with Gasteiger partial charge in [-0.25, -0.2) is 0 Å². The first-order valence-electron chi connectivity index (χ1n) is 4.42. The predicted molar refractivity (Wildman–Crippen MR) is 56.8 cm³/mol. The molecule has 4 heteroatoms. The third-order valence-electron chi connectivity index (χ3n) is 2.23. The third-order valence-corrected chi connectivity index (χ3v) is 2.47. The molecule has 1 N–H and O–H groups in total. The van der Waals surface area contributed by atoms with Crippen molar-refractivity contribution in [1.29, 1.82) is 0 Å². The largest absolute Gasteiger partial charge is 0.496 e. The van der Waals surface area contributed by atoms with Crippen LogP contribution in [0.1, 0.15) is 18.0 Å². The molecule has 0 aromatic heterocycles. The quantitative estimate of drug-likeness (QED) is 0.813. The van der Waals surface area contributed by atoms with Crippen LogP contribution in [0.5, 0.6) is 5.75 Å². The molecule has 0 spiro atoms. The zero-order valence-electron chi connectivity index (χ0n) is 7.83. The Bertz CT molecular complexity index is 365. The van der Waals surface area contributed by atoms with Crippen molar-refractivity contribution in [3.05, 3.63) is 29.8 Å². The van der Waals surface area contributed by atoms with Crippen LogP contribution in [0.3, 0.4) is 0 Å². The highest BCUT2D eigenvalue weighted by Gasteiger charge is 2.21. The number of halogens is 1. The molecule has 0 saturated carbocycles. The smallest absolute Gasteiger partial charge is 0.128 e. The average molecular weight is 211 g/mol. The predicted octanol–water partition coefficient (Wildman–Crippen LogP) is 2.28. The zero-order valence-corrected chi connectivity index (χ0v) is 8.58. The van der Waals surface area contributed by atoms with Gasteiger partial charge >= 0.3 is 0 Å². The van der Waals surface area contributed by atoms with Gasteiger partial charge < -0.3 is 10.2 Å². The molecular formula is C10H11ClN2O. The first-order chi connectivity index (χ1) is 6.81. The van der Waals surface area contributed by atoms with E-state index in [0.717, 1.165) is 17.7 Å². The van der Waals surface area contributed by atoms with Gasteiger partial charge in [-0.3, -0.25) is 0 Å². The highest BCUT2D eigenvalue weighted by molar-refractivity contribution is 6.65. The minimum absolute atomic E-state index is 0.138. The van der Waals surface area contributed by atoms with E-state index in [2.05, 4.69) is 10.5 Å². The maximum absolute atomic E-state index is 5.80. The molecule has 2 rings (SSSR count). The first-order valence-corrected chi connectivity index (χ1v) is 4.79. The Morgan fingerprint density at radius 3 is 2.93 bits per heavy atom. The van der Waals surface area contributed by atoms with E-state index >= 15 is 0 Å². The van der Waals surface area contributed by atoms with Crippen LogP contribution in [-0.2, 0) is 0 Å². The maximum atomic E-state index is 5.80. The minimum atomic E-state index is 0.138.